The fraction of sp³-hybridized carbons (Fsp3) is 0.368. The van der Waals surface area contributed by atoms with Gasteiger partial charge in [-0.05, 0) is 43.4 Å². The van der Waals surface area contributed by atoms with E-state index in [-0.39, 0.29) is 6.04 Å². The Balaban J connectivity index is 2.09. The van der Waals surface area contributed by atoms with Crippen molar-refractivity contribution in [1.29, 1.82) is 0 Å². The maximum absolute atomic E-state index is 6.36. The summed E-state index contributed by atoms with van der Waals surface area (Å²) in [4.78, 5) is 2.16. The first-order valence-corrected chi connectivity index (χ1v) is 9.17. The predicted molar refractivity (Wildman–Crippen MR) is 107 cm³/mol. The summed E-state index contributed by atoms with van der Waals surface area (Å²) < 4.78 is 11.7. The average molecular weight is 428 g/mol. The number of ether oxygens (including phenoxy) is 2. The van der Waals surface area contributed by atoms with Gasteiger partial charge in [-0.1, -0.05) is 45.7 Å². The maximum atomic E-state index is 6.36. The summed E-state index contributed by atoms with van der Waals surface area (Å²) in [6, 6.07) is 12.1. The van der Waals surface area contributed by atoms with E-state index in [1.807, 2.05) is 30.3 Å². The van der Waals surface area contributed by atoms with Crippen LogP contribution in [0.5, 0.6) is 11.5 Å². The van der Waals surface area contributed by atoms with Crippen molar-refractivity contribution in [3.8, 4) is 11.5 Å². The Hall–Kier alpha value is -1.27. The van der Waals surface area contributed by atoms with Crippen molar-refractivity contribution >= 4 is 27.5 Å². The minimum absolute atomic E-state index is 0.188. The molecule has 2 aromatic carbocycles. The second-order valence-corrected chi connectivity index (χ2v) is 7.19. The molecule has 0 heterocycles. The number of rotatable bonds is 8. The fourth-order valence-corrected chi connectivity index (χ4v) is 3.42. The fourth-order valence-electron chi connectivity index (χ4n) is 2.69. The molecule has 0 radical (unpaired) electrons. The Morgan fingerprint density at radius 3 is 2.36 bits per heavy atom. The molecule has 6 heteroatoms. The predicted octanol–water partition coefficient (Wildman–Crippen LogP) is 4.51. The highest BCUT2D eigenvalue weighted by atomic mass is 79.9. The lowest BCUT2D eigenvalue weighted by Gasteiger charge is -2.26. The third-order valence-corrected chi connectivity index (χ3v) is 5.18. The van der Waals surface area contributed by atoms with Gasteiger partial charge in [-0.25, -0.2) is 0 Å². The summed E-state index contributed by atoms with van der Waals surface area (Å²) >= 11 is 9.96. The summed E-state index contributed by atoms with van der Waals surface area (Å²) in [7, 11) is 7.39. The molecule has 2 aromatic rings. The van der Waals surface area contributed by atoms with Crippen molar-refractivity contribution in [1.82, 2.24) is 10.2 Å². The van der Waals surface area contributed by atoms with E-state index >= 15 is 0 Å². The van der Waals surface area contributed by atoms with E-state index in [2.05, 4.69) is 46.3 Å². The lowest BCUT2D eigenvalue weighted by molar-refractivity contribution is 0.288. The van der Waals surface area contributed by atoms with Gasteiger partial charge in [0.1, 0.15) is 0 Å². The van der Waals surface area contributed by atoms with E-state index < -0.39 is 0 Å². The second kappa shape index (κ2) is 9.43. The first kappa shape index (κ1) is 20.0. The van der Waals surface area contributed by atoms with Crippen LogP contribution in [0.15, 0.2) is 40.9 Å². The van der Waals surface area contributed by atoms with Crippen LogP contribution in [0.4, 0.5) is 0 Å². The smallest absolute Gasteiger partial charge is 0.161 e. The lowest BCUT2D eigenvalue weighted by Crippen LogP contribution is -2.31. The molecule has 0 amide bonds. The quantitative estimate of drug-likeness (QED) is 0.672. The normalized spacial score (nSPS) is 12.3. The molecule has 1 unspecified atom stereocenters. The van der Waals surface area contributed by atoms with Gasteiger partial charge >= 0.3 is 0 Å². The van der Waals surface area contributed by atoms with Crippen molar-refractivity contribution in [2.75, 3.05) is 34.9 Å². The van der Waals surface area contributed by atoms with Crippen LogP contribution < -0.4 is 14.8 Å². The topological polar surface area (TPSA) is 33.7 Å². The Labute approximate surface area is 163 Å². The van der Waals surface area contributed by atoms with Crippen molar-refractivity contribution in [2.24, 2.45) is 0 Å². The summed E-state index contributed by atoms with van der Waals surface area (Å²) in [6.07, 6.45) is 0. The van der Waals surface area contributed by atoms with Gasteiger partial charge in [0.05, 0.1) is 14.2 Å². The molecule has 136 valence electrons. The Morgan fingerprint density at radius 2 is 1.76 bits per heavy atom. The van der Waals surface area contributed by atoms with Crippen molar-refractivity contribution in [3.63, 3.8) is 0 Å². The second-order valence-electron chi connectivity index (χ2n) is 5.93. The average Bonchev–Trinajstić information content (AvgIpc) is 2.60. The van der Waals surface area contributed by atoms with Crippen LogP contribution in [0, 0.1) is 0 Å². The zero-order chi connectivity index (χ0) is 18.4. The highest BCUT2D eigenvalue weighted by Crippen LogP contribution is 2.33. The molecule has 0 saturated carbocycles. The monoisotopic (exact) mass is 426 g/mol. The number of hydrogen-bond donors (Lipinski definition) is 1. The summed E-state index contributed by atoms with van der Waals surface area (Å²) in [5.74, 6) is 1.43. The van der Waals surface area contributed by atoms with Crippen LogP contribution in [0.2, 0.25) is 5.02 Å². The third kappa shape index (κ3) is 5.11. The summed E-state index contributed by atoms with van der Waals surface area (Å²) in [5, 5.41) is 4.30. The van der Waals surface area contributed by atoms with E-state index in [0.717, 1.165) is 32.9 Å². The van der Waals surface area contributed by atoms with Crippen molar-refractivity contribution in [3.05, 3.63) is 57.0 Å². The SMILES string of the molecule is COc1cc(Br)c(CNCC(c2ccccc2Cl)N(C)C)cc1OC. The van der Waals surface area contributed by atoms with Crippen molar-refractivity contribution in [2.45, 2.75) is 12.6 Å². The Bertz CT molecular complexity index is 710. The number of halogens is 2. The van der Waals surface area contributed by atoms with Gasteiger partial charge in [0.2, 0.25) is 0 Å². The van der Waals surface area contributed by atoms with E-state index in [1.165, 1.54) is 0 Å². The number of benzene rings is 2. The largest absolute Gasteiger partial charge is 0.493 e. The Morgan fingerprint density at radius 1 is 1.12 bits per heavy atom. The minimum atomic E-state index is 0.188. The van der Waals surface area contributed by atoms with Gasteiger partial charge in [-0.15, -0.1) is 0 Å². The number of likely N-dealkylation sites (N-methyl/N-ethyl adjacent to an activating group) is 1. The number of methoxy groups -OCH3 is 2. The molecular formula is C19H24BrClN2O2. The molecule has 0 aromatic heterocycles. The molecule has 1 atom stereocenters. The lowest BCUT2D eigenvalue weighted by atomic mass is 10.1. The van der Waals surface area contributed by atoms with Gasteiger partial charge in [0.15, 0.2) is 11.5 Å². The molecule has 0 aliphatic heterocycles. The van der Waals surface area contributed by atoms with Crippen molar-refractivity contribution < 1.29 is 9.47 Å². The van der Waals surface area contributed by atoms with Gasteiger partial charge in [-0.2, -0.15) is 0 Å². The molecule has 2 rings (SSSR count). The van der Waals surface area contributed by atoms with E-state index in [4.69, 9.17) is 21.1 Å². The highest BCUT2D eigenvalue weighted by Gasteiger charge is 2.17. The summed E-state index contributed by atoms with van der Waals surface area (Å²) in [6.45, 7) is 1.48. The summed E-state index contributed by atoms with van der Waals surface area (Å²) in [5.41, 5.74) is 2.22. The molecule has 25 heavy (non-hydrogen) atoms. The van der Waals surface area contributed by atoms with Gasteiger partial charge < -0.3 is 19.7 Å². The first-order valence-electron chi connectivity index (χ1n) is 7.99. The maximum Gasteiger partial charge on any atom is 0.161 e. The Kier molecular flexibility index (Phi) is 7.56. The zero-order valence-corrected chi connectivity index (χ0v) is 17.3. The molecule has 0 spiro atoms. The van der Waals surface area contributed by atoms with Crippen LogP contribution in [0.25, 0.3) is 0 Å². The first-order chi connectivity index (χ1) is 12.0. The molecule has 0 fully saturated rings. The number of hydrogen-bond acceptors (Lipinski definition) is 4. The van der Waals surface area contributed by atoms with Crippen LogP contribution in [0.3, 0.4) is 0 Å². The molecule has 1 N–H and O–H groups in total. The molecule has 0 aliphatic rings. The molecule has 0 bridgehead atoms. The van der Waals surface area contributed by atoms with Crippen LogP contribution in [-0.2, 0) is 6.54 Å². The van der Waals surface area contributed by atoms with E-state index in [0.29, 0.717) is 12.3 Å². The standard InChI is InChI=1S/C19H24BrClN2O2/c1-23(2)17(14-7-5-6-8-16(14)21)12-22-11-13-9-18(24-3)19(25-4)10-15(13)20/h5-10,17,22H,11-12H2,1-4H3. The number of nitrogens with zero attached hydrogens (tertiary/aromatic N) is 1. The van der Waals surface area contributed by atoms with Gasteiger partial charge in [0, 0.05) is 28.6 Å². The molecule has 0 aliphatic carbocycles. The van der Waals surface area contributed by atoms with Gasteiger partial charge in [0.25, 0.3) is 0 Å². The van der Waals surface area contributed by atoms with E-state index in [1.54, 1.807) is 14.2 Å². The highest BCUT2D eigenvalue weighted by molar-refractivity contribution is 9.10. The van der Waals surface area contributed by atoms with Crippen LogP contribution in [0.1, 0.15) is 17.2 Å². The third-order valence-electron chi connectivity index (χ3n) is 4.09. The van der Waals surface area contributed by atoms with Crippen LogP contribution >= 0.6 is 27.5 Å². The molecule has 0 saturated heterocycles. The van der Waals surface area contributed by atoms with Gasteiger partial charge in [-0.3, -0.25) is 0 Å². The molecular weight excluding hydrogens is 404 g/mol. The zero-order valence-electron chi connectivity index (χ0n) is 15.0. The van der Waals surface area contributed by atoms with Crippen LogP contribution in [-0.4, -0.2) is 39.8 Å². The molecule has 4 nitrogen and oxygen atoms in total. The minimum Gasteiger partial charge on any atom is -0.493 e. The van der Waals surface area contributed by atoms with E-state index in [9.17, 15) is 0 Å². The number of nitrogens with one attached hydrogen (secondary N) is 1.